The number of nitrogens with two attached hydrogens (primary N) is 1. The SMILES string of the molecule is CCn1cc(S(=O)(=O)NCCC(=O)NC(C)(C)C)c(N)n1. The molecule has 0 unspecified atom stereocenters. The summed E-state index contributed by atoms with van der Waals surface area (Å²) in [5.41, 5.74) is 5.24. The zero-order valence-corrected chi connectivity index (χ0v) is 13.6. The standard InChI is InChI=1S/C12H23N5O3S/c1-5-17-8-9(11(13)16-17)21(19,20)14-7-6-10(18)15-12(2,3)4/h8,14H,5-7H2,1-4H3,(H2,13,16)(H,15,18). The fourth-order valence-electron chi connectivity index (χ4n) is 1.64. The van der Waals surface area contributed by atoms with Crippen molar-refractivity contribution in [3.05, 3.63) is 6.20 Å². The molecule has 4 N–H and O–H groups in total. The van der Waals surface area contributed by atoms with Crippen molar-refractivity contribution in [2.75, 3.05) is 12.3 Å². The van der Waals surface area contributed by atoms with Gasteiger partial charge < -0.3 is 11.1 Å². The number of rotatable bonds is 6. The second kappa shape index (κ2) is 6.44. The Morgan fingerprint density at radius 1 is 1.43 bits per heavy atom. The maximum atomic E-state index is 12.1. The van der Waals surface area contributed by atoms with Crippen molar-refractivity contribution >= 4 is 21.7 Å². The number of carbonyl (C=O) groups excluding carboxylic acids is 1. The summed E-state index contributed by atoms with van der Waals surface area (Å²) in [4.78, 5) is 11.5. The fraction of sp³-hybridized carbons (Fsp3) is 0.667. The molecule has 0 saturated heterocycles. The zero-order chi connectivity index (χ0) is 16.3. The van der Waals surface area contributed by atoms with Crippen LogP contribution in [0.4, 0.5) is 5.82 Å². The van der Waals surface area contributed by atoms with Crippen LogP contribution in [0.2, 0.25) is 0 Å². The summed E-state index contributed by atoms with van der Waals surface area (Å²) in [5.74, 6) is -0.272. The van der Waals surface area contributed by atoms with Crippen LogP contribution in [-0.4, -0.2) is 36.2 Å². The van der Waals surface area contributed by atoms with Crippen molar-refractivity contribution in [3.63, 3.8) is 0 Å². The van der Waals surface area contributed by atoms with Crippen LogP contribution >= 0.6 is 0 Å². The maximum absolute atomic E-state index is 12.1. The van der Waals surface area contributed by atoms with Gasteiger partial charge in [0, 0.05) is 31.2 Å². The van der Waals surface area contributed by atoms with Gasteiger partial charge in [-0.1, -0.05) is 0 Å². The van der Waals surface area contributed by atoms with Crippen molar-refractivity contribution < 1.29 is 13.2 Å². The molecule has 0 aromatic carbocycles. The van der Waals surface area contributed by atoms with Crippen LogP contribution < -0.4 is 15.8 Å². The fourth-order valence-corrected chi connectivity index (χ4v) is 2.75. The van der Waals surface area contributed by atoms with Gasteiger partial charge in [0.25, 0.3) is 0 Å². The summed E-state index contributed by atoms with van der Waals surface area (Å²) in [6.07, 6.45) is 1.42. The Balaban J connectivity index is 2.61. The number of amides is 1. The molecule has 0 atom stereocenters. The van der Waals surface area contributed by atoms with E-state index in [1.807, 2.05) is 27.7 Å². The van der Waals surface area contributed by atoms with Crippen LogP contribution in [0.3, 0.4) is 0 Å². The molecular weight excluding hydrogens is 294 g/mol. The molecule has 8 nitrogen and oxygen atoms in total. The molecule has 0 aliphatic heterocycles. The zero-order valence-electron chi connectivity index (χ0n) is 12.8. The average molecular weight is 317 g/mol. The lowest BCUT2D eigenvalue weighted by Gasteiger charge is -2.20. The van der Waals surface area contributed by atoms with E-state index >= 15 is 0 Å². The normalized spacial score (nSPS) is 12.4. The molecule has 21 heavy (non-hydrogen) atoms. The topological polar surface area (TPSA) is 119 Å². The van der Waals surface area contributed by atoms with Gasteiger partial charge in [0.05, 0.1) is 0 Å². The quantitative estimate of drug-likeness (QED) is 0.686. The van der Waals surface area contributed by atoms with Crippen LogP contribution in [0, 0.1) is 0 Å². The molecule has 1 heterocycles. The van der Waals surface area contributed by atoms with Crippen molar-refractivity contribution in [3.8, 4) is 0 Å². The second-order valence-corrected chi connectivity index (χ2v) is 7.42. The number of nitrogens with one attached hydrogen (secondary N) is 2. The van der Waals surface area contributed by atoms with Crippen LogP contribution in [0.25, 0.3) is 0 Å². The lowest BCUT2D eigenvalue weighted by atomic mass is 10.1. The minimum Gasteiger partial charge on any atom is -0.381 e. The van der Waals surface area contributed by atoms with Gasteiger partial charge in [0.1, 0.15) is 4.90 Å². The van der Waals surface area contributed by atoms with Gasteiger partial charge >= 0.3 is 0 Å². The molecule has 1 aromatic rings. The summed E-state index contributed by atoms with van der Waals surface area (Å²) >= 11 is 0. The number of nitrogen functional groups attached to an aromatic ring is 1. The lowest BCUT2D eigenvalue weighted by Crippen LogP contribution is -2.41. The highest BCUT2D eigenvalue weighted by atomic mass is 32.2. The van der Waals surface area contributed by atoms with Crippen molar-refractivity contribution in [2.24, 2.45) is 0 Å². The van der Waals surface area contributed by atoms with E-state index in [2.05, 4.69) is 15.1 Å². The van der Waals surface area contributed by atoms with Gasteiger partial charge in [-0.15, -0.1) is 0 Å². The third-order valence-corrected chi connectivity index (χ3v) is 4.00. The Hall–Kier alpha value is -1.61. The molecule has 9 heteroatoms. The molecule has 1 aromatic heterocycles. The predicted octanol–water partition coefficient (Wildman–Crippen LogP) is 0.0683. The first kappa shape index (κ1) is 17.4. The Kier molecular flexibility index (Phi) is 5.35. The molecule has 0 spiro atoms. The number of hydrogen-bond acceptors (Lipinski definition) is 5. The Bertz CT molecular complexity index is 601. The number of nitrogens with zero attached hydrogens (tertiary/aromatic N) is 2. The third-order valence-electron chi connectivity index (χ3n) is 2.53. The van der Waals surface area contributed by atoms with Crippen molar-refractivity contribution in [2.45, 2.75) is 51.1 Å². The van der Waals surface area contributed by atoms with E-state index in [0.29, 0.717) is 6.54 Å². The minimum atomic E-state index is -3.76. The average Bonchev–Trinajstić information content (AvgIpc) is 2.68. The van der Waals surface area contributed by atoms with Gasteiger partial charge in [0.2, 0.25) is 15.9 Å². The van der Waals surface area contributed by atoms with Crippen LogP contribution in [0.1, 0.15) is 34.1 Å². The predicted molar refractivity (Wildman–Crippen MR) is 80.0 cm³/mol. The monoisotopic (exact) mass is 317 g/mol. The van der Waals surface area contributed by atoms with E-state index in [-0.39, 0.29) is 35.1 Å². The van der Waals surface area contributed by atoms with Gasteiger partial charge in [0.15, 0.2) is 5.82 Å². The molecule has 120 valence electrons. The highest BCUT2D eigenvalue weighted by molar-refractivity contribution is 7.89. The molecule has 1 amide bonds. The van der Waals surface area contributed by atoms with Gasteiger partial charge in [-0.25, -0.2) is 13.1 Å². The molecular formula is C12H23N5O3S. The molecule has 0 saturated carbocycles. The Morgan fingerprint density at radius 2 is 2.05 bits per heavy atom. The highest BCUT2D eigenvalue weighted by Gasteiger charge is 2.21. The van der Waals surface area contributed by atoms with E-state index in [9.17, 15) is 13.2 Å². The van der Waals surface area contributed by atoms with E-state index < -0.39 is 10.0 Å². The Morgan fingerprint density at radius 3 is 2.52 bits per heavy atom. The maximum Gasteiger partial charge on any atom is 0.245 e. The first-order chi connectivity index (χ1) is 9.55. The van der Waals surface area contributed by atoms with Crippen LogP contribution in [0.15, 0.2) is 11.1 Å². The molecule has 0 fully saturated rings. The summed E-state index contributed by atoms with van der Waals surface area (Å²) < 4.78 is 27.9. The number of carbonyl (C=O) groups is 1. The molecule has 1 rings (SSSR count). The summed E-state index contributed by atoms with van der Waals surface area (Å²) in [5, 5.41) is 6.64. The number of aromatic nitrogens is 2. The highest BCUT2D eigenvalue weighted by Crippen LogP contribution is 2.15. The van der Waals surface area contributed by atoms with Crippen molar-refractivity contribution in [1.29, 1.82) is 0 Å². The molecule has 0 aliphatic rings. The summed E-state index contributed by atoms with van der Waals surface area (Å²) in [7, 11) is -3.76. The Labute approximate surface area is 125 Å². The van der Waals surface area contributed by atoms with E-state index in [4.69, 9.17) is 5.73 Å². The second-order valence-electron chi connectivity index (χ2n) is 5.68. The number of aryl methyl sites for hydroxylation is 1. The van der Waals surface area contributed by atoms with Gasteiger partial charge in [-0.2, -0.15) is 5.10 Å². The van der Waals surface area contributed by atoms with E-state index in [0.717, 1.165) is 0 Å². The summed E-state index contributed by atoms with van der Waals surface area (Å²) in [6, 6.07) is 0. The van der Waals surface area contributed by atoms with E-state index in [1.54, 1.807) is 0 Å². The van der Waals surface area contributed by atoms with Crippen LogP contribution in [-0.2, 0) is 21.4 Å². The number of anilines is 1. The molecule has 0 bridgehead atoms. The lowest BCUT2D eigenvalue weighted by molar-refractivity contribution is -0.122. The first-order valence-electron chi connectivity index (χ1n) is 6.69. The largest absolute Gasteiger partial charge is 0.381 e. The van der Waals surface area contributed by atoms with Gasteiger partial charge in [-0.3, -0.25) is 9.48 Å². The summed E-state index contributed by atoms with van der Waals surface area (Å²) in [6.45, 7) is 7.92. The third kappa shape index (κ3) is 5.35. The molecule has 0 aliphatic carbocycles. The van der Waals surface area contributed by atoms with Crippen molar-refractivity contribution in [1.82, 2.24) is 19.8 Å². The number of sulfonamides is 1. The number of hydrogen-bond donors (Lipinski definition) is 3. The minimum absolute atomic E-state index is 0.000984. The molecule has 0 radical (unpaired) electrons. The smallest absolute Gasteiger partial charge is 0.245 e. The first-order valence-corrected chi connectivity index (χ1v) is 8.17. The van der Waals surface area contributed by atoms with E-state index in [1.165, 1.54) is 10.9 Å². The van der Waals surface area contributed by atoms with Gasteiger partial charge in [-0.05, 0) is 27.7 Å². The van der Waals surface area contributed by atoms with Crippen LogP contribution in [0.5, 0.6) is 0 Å².